The Morgan fingerprint density at radius 1 is 1.18 bits per heavy atom. The molecule has 0 aliphatic rings. The third kappa shape index (κ3) is 5.16. The van der Waals surface area contributed by atoms with Crippen LogP contribution in [0, 0.1) is 5.92 Å². The van der Waals surface area contributed by atoms with E-state index in [4.69, 9.17) is 0 Å². The minimum absolute atomic E-state index is 0.175. The Morgan fingerprint density at radius 3 is 2.68 bits per heavy atom. The van der Waals surface area contributed by atoms with Gasteiger partial charge in [-0.1, -0.05) is 44.2 Å². The van der Waals surface area contributed by atoms with Gasteiger partial charge >= 0.3 is 0 Å². The molecule has 5 nitrogen and oxygen atoms in total. The molecule has 22 heavy (non-hydrogen) atoms. The molecule has 1 aromatic heterocycles. The number of amides is 1. The number of carbonyl (C=O) groups excluding carboxylic acids is 1. The highest BCUT2D eigenvalue weighted by Crippen LogP contribution is 2.03. The van der Waals surface area contributed by atoms with E-state index in [1.807, 2.05) is 30.3 Å². The summed E-state index contributed by atoms with van der Waals surface area (Å²) in [4.78, 5) is 20.5. The molecular weight excluding hydrogens is 276 g/mol. The van der Waals surface area contributed by atoms with Gasteiger partial charge in [0.05, 0.1) is 0 Å². The summed E-state index contributed by atoms with van der Waals surface area (Å²) in [7, 11) is 0. The van der Waals surface area contributed by atoms with Crippen LogP contribution in [0.25, 0.3) is 0 Å². The molecule has 0 unspecified atom stereocenters. The first-order chi connectivity index (χ1) is 10.6. The monoisotopic (exact) mass is 298 g/mol. The van der Waals surface area contributed by atoms with Crippen LogP contribution in [0.4, 0.5) is 5.95 Å². The van der Waals surface area contributed by atoms with E-state index >= 15 is 0 Å². The van der Waals surface area contributed by atoms with Crippen molar-refractivity contribution in [3.05, 3.63) is 53.9 Å². The highest BCUT2D eigenvalue weighted by molar-refractivity contribution is 5.92. The highest BCUT2D eigenvalue weighted by Gasteiger charge is 2.08. The van der Waals surface area contributed by atoms with E-state index in [2.05, 4.69) is 34.4 Å². The third-order valence-corrected chi connectivity index (χ3v) is 3.10. The zero-order chi connectivity index (χ0) is 15.8. The molecule has 0 radical (unpaired) electrons. The van der Waals surface area contributed by atoms with Crippen LogP contribution in [0.2, 0.25) is 0 Å². The van der Waals surface area contributed by atoms with E-state index in [9.17, 15) is 4.79 Å². The molecule has 0 fully saturated rings. The van der Waals surface area contributed by atoms with Crippen LogP contribution in [0.5, 0.6) is 0 Å². The molecule has 0 saturated heterocycles. The van der Waals surface area contributed by atoms with Gasteiger partial charge in [-0.2, -0.15) is 0 Å². The fraction of sp³-hybridized carbons (Fsp3) is 0.353. The fourth-order valence-electron chi connectivity index (χ4n) is 1.92. The Hall–Kier alpha value is -2.43. The Kier molecular flexibility index (Phi) is 5.89. The Bertz CT molecular complexity index is 599. The number of rotatable bonds is 7. The molecule has 0 saturated carbocycles. The number of anilines is 1. The van der Waals surface area contributed by atoms with E-state index in [-0.39, 0.29) is 5.91 Å². The van der Waals surface area contributed by atoms with Gasteiger partial charge in [0, 0.05) is 19.3 Å². The number of benzene rings is 1. The molecule has 2 rings (SSSR count). The van der Waals surface area contributed by atoms with Crippen LogP contribution in [0.3, 0.4) is 0 Å². The lowest BCUT2D eigenvalue weighted by molar-refractivity contribution is 0.0949. The maximum absolute atomic E-state index is 12.1. The second kappa shape index (κ2) is 8.12. The summed E-state index contributed by atoms with van der Waals surface area (Å²) in [6, 6.07) is 11.7. The van der Waals surface area contributed by atoms with Gasteiger partial charge in [-0.25, -0.2) is 9.97 Å². The van der Waals surface area contributed by atoms with Gasteiger partial charge < -0.3 is 10.6 Å². The van der Waals surface area contributed by atoms with Crippen LogP contribution in [0.1, 0.15) is 29.9 Å². The SMILES string of the molecule is CC(C)CNc1nccc(C(=O)NCCc2ccccc2)n1. The van der Waals surface area contributed by atoms with Crippen molar-refractivity contribution in [3.63, 3.8) is 0 Å². The quantitative estimate of drug-likeness (QED) is 0.824. The van der Waals surface area contributed by atoms with Crippen molar-refractivity contribution >= 4 is 11.9 Å². The molecule has 5 heteroatoms. The summed E-state index contributed by atoms with van der Waals surface area (Å²) in [5, 5.41) is 6.00. The maximum Gasteiger partial charge on any atom is 0.270 e. The molecule has 1 heterocycles. The minimum atomic E-state index is -0.175. The lowest BCUT2D eigenvalue weighted by Gasteiger charge is -2.09. The van der Waals surface area contributed by atoms with Gasteiger partial charge in [0.15, 0.2) is 0 Å². The first kappa shape index (κ1) is 15.9. The van der Waals surface area contributed by atoms with Gasteiger partial charge in [-0.15, -0.1) is 0 Å². The average molecular weight is 298 g/mol. The predicted octanol–water partition coefficient (Wildman–Crippen LogP) is 2.52. The molecule has 0 atom stereocenters. The second-order valence-electron chi connectivity index (χ2n) is 5.53. The number of hydrogen-bond acceptors (Lipinski definition) is 4. The van der Waals surface area contributed by atoms with E-state index in [0.717, 1.165) is 13.0 Å². The van der Waals surface area contributed by atoms with Gasteiger partial charge in [-0.3, -0.25) is 4.79 Å². The van der Waals surface area contributed by atoms with Crippen molar-refractivity contribution in [3.8, 4) is 0 Å². The zero-order valence-corrected chi connectivity index (χ0v) is 13.0. The van der Waals surface area contributed by atoms with Crippen molar-refractivity contribution in [2.75, 3.05) is 18.4 Å². The number of nitrogens with one attached hydrogen (secondary N) is 2. The molecule has 0 bridgehead atoms. The molecule has 2 N–H and O–H groups in total. The average Bonchev–Trinajstić information content (AvgIpc) is 2.54. The largest absolute Gasteiger partial charge is 0.354 e. The first-order valence-corrected chi connectivity index (χ1v) is 7.54. The fourth-order valence-corrected chi connectivity index (χ4v) is 1.92. The van der Waals surface area contributed by atoms with Gasteiger partial charge in [-0.05, 0) is 24.0 Å². The summed E-state index contributed by atoms with van der Waals surface area (Å²) >= 11 is 0. The topological polar surface area (TPSA) is 66.9 Å². The molecule has 0 aliphatic carbocycles. The molecule has 0 spiro atoms. The first-order valence-electron chi connectivity index (χ1n) is 7.54. The zero-order valence-electron chi connectivity index (χ0n) is 13.0. The van der Waals surface area contributed by atoms with Crippen LogP contribution in [0.15, 0.2) is 42.6 Å². The third-order valence-electron chi connectivity index (χ3n) is 3.10. The van der Waals surface area contributed by atoms with E-state index in [1.165, 1.54) is 5.56 Å². The van der Waals surface area contributed by atoms with Crippen molar-refractivity contribution in [2.24, 2.45) is 5.92 Å². The van der Waals surface area contributed by atoms with Crippen molar-refractivity contribution in [2.45, 2.75) is 20.3 Å². The Morgan fingerprint density at radius 2 is 1.95 bits per heavy atom. The van der Waals surface area contributed by atoms with Gasteiger partial charge in [0.1, 0.15) is 5.69 Å². The molecule has 1 amide bonds. The predicted molar refractivity (Wildman–Crippen MR) is 87.8 cm³/mol. The van der Waals surface area contributed by atoms with Crippen LogP contribution in [-0.2, 0) is 6.42 Å². The number of nitrogens with zero attached hydrogens (tertiary/aromatic N) is 2. The lowest BCUT2D eigenvalue weighted by atomic mass is 10.1. The maximum atomic E-state index is 12.1. The van der Waals surface area contributed by atoms with Crippen LogP contribution >= 0.6 is 0 Å². The Labute approximate surface area is 131 Å². The molecule has 1 aromatic carbocycles. The summed E-state index contributed by atoms with van der Waals surface area (Å²) in [5.41, 5.74) is 1.58. The molecule has 2 aromatic rings. The van der Waals surface area contributed by atoms with Gasteiger partial charge in [0.25, 0.3) is 5.91 Å². The van der Waals surface area contributed by atoms with Crippen LogP contribution < -0.4 is 10.6 Å². The van der Waals surface area contributed by atoms with E-state index in [1.54, 1.807) is 12.3 Å². The molecule has 116 valence electrons. The van der Waals surface area contributed by atoms with E-state index < -0.39 is 0 Å². The summed E-state index contributed by atoms with van der Waals surface area (Å²) in [5.74, 6) is 0.808. The van der Waals surface area contributed by atoms with Crippen molar-refractivity contribution in [1.82, 2.24) is 15.3 Å². The standard InChI is InChI=1S/C17H22N4O/c1-13(2)12-20-17-19-11-9-15(21-17)16(22)18-10-8-14-6-4-3-5-7-14/h3-7,9,11,13H,8,10,12H2,1-2H3,(H,18,22)(H,19,20,21). The summed E-state index contributed by atoms with van der Waals surface area (Å²) < 4.78 is 0. The molecular formula is C17H22N4O. The summed E-state index contributed by atoms with van der Waals surface area (Å²) in [6.45, 7) is 5.57. The number of hydrogen-bond donors (Lipinski definition) is 2. The van der Waals surface area contributed by atoms with Crippen LogP contribution in [-0.4, -0.2) is 29.0 Å². The summed E-state index contributed by atoms with van der Waals surface area (Å²) in [6.07, 6.45) is 2.40. The van der Waals surface area contributed by atoms with Crippen molar-refractivity contribution in [1.29, 1.82) is 0 Å². The smallest absolute Gasteiger partial charge is 0.270 e. The number of carbonyl (C=O) groups is 1. The normalized spacial score (nSPS) is 10.5. The molecule has 0 aliphatic heterocycles. The van der Waals surface area contributed by atoms with Crippen molar-refractivity contribution < 1.29 is 4.79 Å². The second-order valence-corrected chi connectivity index (χ2v) is 5.53. The number of aromatic nitrogens is 2. The lowest BCUT2D eigenvalue weighted by Crippen LogP contribution is -2.27. The highest BCUT2D eigenvalue weighted by atomic mass is 16.1. The Balaban J connectivity index is 1.85. The minimum Gasteiger partial charge on any atom is -0.354 e. The van der Waals surface area contributed by atoms with E-state index in [0.29, 0.717) is 24.1 Å². The van der Waals surface area contributed by atoms with Gasteiger partial charge in [0.2, 0.25) is 5.95 Å².